The number of rotatable bonds is 4. The van der Waals surface area contributed by atoms with Crippen LogP contribution in [0.5, 0.6) is 0 Å². The van der Waals surface area contributed by atoms with Crippen LogP contribution in [0.3, 0.4) is 0 Å². The fraction of sp³-hybridized carbons (Fsp3) is 0.538. The summed E-state index contributed by atoms with van der Waals surface area (Å²) in [4.78, 5) is 11.1. The summed E-state index contributed by atoms with van der Waals surface area (Å²) >= 11 is 6.25. The Hall–Kier alpha value is -1.29. The Bertz CT molecular complexity index is 574. The number of aryl methyl sites for hydroxylation is 1. The van der Waals surface area contributed by atoms with Crippen molar-refractivity contribution in [1.82, 2.24) is 14.5 Å². The molecule has 0 radical (unpaired) electrons. The molecule has 1 aliphatic carbocycles. The first-order valence-electron chi connectivity index (χ1n) is 6.34. The van der Waals surface area contributed by atoms with E-state index in [-0.39, 0.29) is 0 Å². The molecular formula is C13H17ClN4. The predicted octanol–water partition coefficient (Wildman–Crippen LogP) is 2.86. The minimum absolute atomic E-state index is 0.675. The Morgan fingerprint density at radius 1 is 1.50 bits per heavy atom. The van der Waals surface area contributed by atoms with Crippen LogP contribution in [0, 0.1) is 5.92 Å². The SMILES string of the molecule is CN(CCC1CC1)c1cc(Cl)c2ncn(C)c2n1. The van der Waals surface area contributed by atoms with Crippen LogP contribution in [0.2, 0.25) is 5.02 Å². The van der Waals surface area contributed by atoms with E-state index < -0.39 is 0 Å². The number of hydrogen-bond donors (Lipinski definition) is 0. The number of aromatic nitrogens is 3. The first kappa shape index (κ1) is 11.8. The van der Waals surface area contributed by atoms with Crippen molar-refractivity contribution in [3.05, 3.63) is 17.4 Å². The predicted molar refractivity (Wildman–Crippen MR) is 74.1 cm³/mol. The average Bonchev–Trinajstić information content (AvgIpc) is 3.11. The van der Waals surface area contributed by atoms with Gasteiger partial charge in [-0.1, -0.05) is 24.4 Å². The second-order valence-corrected chi connectivity index (χ2v) is 5.55. The lowest BCUT2D eigenvalue weighted by Crippen LogP contribution is -2.20. The molecule has 4 nitrogen and oxygen atoms in total. The van der Waals surface area contributed by atoms with Crippen molar-refractivity contribution in [3.63, 3.8) is 0 Å². The van der Waals surface area contributed by atoms with E-state index in [9.17, 15) is 0 Å². The topological polar surface area (TPSA) is 34.0 Å². The van der Waals surface area contributed by atoms with Crippen molar-refractivity contribution in [2.45, 2.75) is 19.3 Å². The van der Waals surface area contributed by atoms with Gasteiger partial charge >= 0.3 is 0 Å². The minimum Gasteiger partial charge on any atom is -0.360 e. The Kier molecular flexibility index (Phi) is 2.90. The molecule has 0 atom stereocenters. The zero-order chi connectivity index (χ0) is 12.7. The normalized spacial score (nSPS) is 15.3. The van der Waals surface area contributed by atoms with Gasteiger partial charge in [-0.15, -0.1) is 0 Å². The number of hydrogen-bond acceptors (Lipinski definition) is 3. The number of fused-ring (bicyclic) bond motifs is 1. The van der Waals surface area contributed by atoms with Gasteiger partial charge in [0, 0.05) is 26.7 Å². The standard InChI is InChI=1S/C13H17ClN4/c1-17(6-5-9-3-4-9)11-7-10(14)12-13(16-11)18(2)8-15-12/h7-9H,3-6H2,1-2H3. The van der Waals surface area contributed by atoms with Gasteiger partial charge in [0.1, 0.15) is 11.3 Å². The third-order valence-electron chi connectivity index (χ3n) is 3.57. The van der Waals surface area contributed by atoms with E-state index in [0.717, 1.165) is 29.4 Å². The van der Waals surface area contributed by atoms with Gasteiger partial charge in [-0.25, -0.2) is 9.97 Å². The lowest BCUT2D eigenvalue weighted by atomic mass is 10.3. The maximum atomic E-state index is 6.25. The minimum atomic E-state index is 0.675. The smallest absolute Gasteiger partial charge is 0.163 e. The summed E-state index contributed by atoms with van der Waals surface area (Å²) in [6.07, 6.45) is 5.78. The van der Waals surface area contributed by atoms with Crippen LogP contribution in [-0.4, -0.2) is 28.1 Å². The van der Waals surface area contributed by atoms with E-state index in [2.05, 4.69) is 21.9 Å². The highest BCUT2D eigenvalue weighted by molar-refractivity contribution is 6.35. The molecule has 96 valence electrons. The number of imidazole rings is 1. The molecule has 1 aliphatic rings. The third kappa shape index (κ3) is 2.17. The van der Waals surface area contributed by atoms with Crippen molar-refractivity contribution in [2.24, 2.45) is 13.0 Å². The van der Waals surface area contributed by atoms with E-state index in [1.807, 2.05) is 17.7 Å². The third-order valence-corrected chi connectivity index (χ3v) is 3.86. The number of halogens is 1. The highest BCUT2D eigenvalue weighted by Crippen LogP contribution is 2.33. The molecule has 1 saturated carbocycles. The van der Waals surface area contributed by atoms with Crippen molar-refractivity contribution < 1.29 is 0 Å². The Labute approximate surface area is 112 Å². The Morgan fingerprint density at radius 2 is 2.28 bits per heavy atom. The Balaban J connectivity index is 1.87. The van der Waals surface area contributed by atoms with Crippen LogP contribution in [0.1, 0.15) is 19.3 Å². The van der Waals surface area contributed by atoms with Crippen molar-refractivity contribution in [2.75, 3.05) is 18.5 Å². The summed E-state index contributed by atoms with van der Waals surface area (Å²) < 4.78 is 1.90. The van der Waals surface area contributed by atoms with E-state index >= 15 is 0 Å². The van der Waals surface area contributed by atoms with Gasteiger partial charge < -0.3 is 9.47 Å². The van der Waals surface area contributed by atoms with Crippen LogP contribution >= 0.6 is 11.6 Å². The van der Waals surface area contributed by atoms with Gasteiger partial charge in [-0.05, 0) is 12.3 Å². The molecule has 2 aromatic heterocycles. The zero-order valence-corrected chi connectivity index (χ0v) is 11.5. The fourth-order valence-corrected chi connectivity index (χ4v) is 2.37. The maximum absolute atomic E-state index is 6.25. The lowest BCUT2D eigenvalue weighted by Gasteiger charge is -2.18. The molecule has 0 unspecified atom stereocenters. The summed E-state index contributed by atoms with van der Waals surface area (Å²) in [7, 11) is 4.01. The van der Waals surface area contributed by atoms with Crippen molar-refractivity contribution in [1.29, 1.82) is 0 Å². The highest BCUT2D eigenvalue weighted by atomic mass is 35.5. The Morgan fingerprint density at radius 3 is 3.00 bits per heavy atom. The van der Waals surface area contributed by atoms with E-state index in [1.54, 1.807) is 6.33 Å². The number of anilines is 1. The average molecular weight is 265 g/mol. The highest BCUT2D eigenvalue weighted by Gasteiger charge is 2.21. The van der Waals surface area contributed by atoms with Gasteiger partial charge in [0.05, 0.1) is 11.3 Å². The summed E-state index contributed by atoms with van der Waals surface area (Å²) in [6, 6.07) is 1.91. The van der Waals surface area contributed by atoms with Gasteiger partial charge in [-0.3, -0.25) is 0 Å². The van der Waals surface area contributed by atoms with Gasteiger partial charge in [0.15, 0.2) is 5.65 Å². The molecule has 0 bridgehead atoms. The quantitative estimate of drug-likeness (QED) is 0.852. The van der Waals surface area contributed by atoms with Gasteiger partial charge in [-0.2, -0.15) is 0 Å². The van der Waals surface area contributed by atoms with E-state index in [4.69, 9.17) is 11.6 Å². The molecule has 0 spiro atoms. The molecule has 1 fully saturated rings. The van der Waals surface area contributed by atoms with E-state index in [1.165, 1.54) is 19.3 Å². The van der Waals surface area contributed by atoms with Crippen molar-refractivity contribution >= 4 is 28.6 Å². The molecule has 0 aliphatic heterocycles. The van der Waals surface area contributed by atoms with Crippen LogP contribution in [0.4, 0.5) is 5.82 Å². The van der Waals surface area contributed by atoms with Crippen LogP contribution < -0.4 is 4.90 Å². The molecule has 3 rings (SSSR count). The molecule has 0 aromatic carbocycles. The van der Waals surface area contributed by atoms with Gasteiger partial charge in [0.2, 0.25) is 0 Å². The lowest BCUT2D eigenvalue weighted by molar-refractivity contribution is 0.706. The molecule has 18 heavy (non-hydrogen) atoms. The largest absolute Gasteiger partial charge is 0.360 e. The van der Waals surface area contributed by atoms with Crippen LogP contribution in [-0.2, 0) is 7.05 Å². The van der Waals surface area contributed by atoms with Gasteiger partial charge in [0.25, 0.3) is 0 Å². The van der Waals surface area contributed by atoms with Crippen molar-refractivity contribution in [3.8, 4) is 0 Å². The first-order valence-corrected chi connectivity index (χ1v) is 6.71. The number of pyridine rings is 1. The van der Waals surface area contributed by atoms with Crippen LogP contribution in [0.15, 0.2) is 12.4 Å². The summed E-state index contributed by atoms with van der Waals surface area (Å²) in [5, 5.41) is 0.675. The second-order valence-electron chi connectivity index (χ2n) is 5.14. The molecule has 5 heteroatoms. The second kappa shape index (κ2) is 4.43. The summed E-state index contributed by atoms with van der Waals surface area (Å²) in [6.45, 7) is 1.04. The molecule has 0 amide bonds. The molecule has 2 aromatic rings. The molecule has 2 heterocycles. The molecule has 0 saturated heterocycles. The summed E-state index contributed by atoms with van der Waals surface area (Å²) in [5.41, 5.74) is 1.62. The zero-order valence-electron chi connectivity index (χ0n) is 10.7. The first-order chi connectivity index (χ1) is 8.65. The molecular weight excluding hydrogens is 248 g/mol. The van der Waals surface area contributed by atoms with Crippen LogP contribution in [0.25, 0.3) is 11.2 Å². The monoisotopic (exact) mass is 264 g/mol. The maximum Gasteiger partial charge on any atom is 0.163 e. The number of nitrogens with zero attached hydrogens (tertiary/aromatic N) is 4. The summed E-state index contributed by atoms with van der Waals surface area (Å²) in [5.74, 6) is 1.86. The molecule has 0 N–H and O–H groups in total. The fourth-order valence-electron chi connectivity index (χ4n) is 2.14. The van der Waals surface area contributed by atoms with E-state index in [0.29, 0.717) is 5.02 Å².